The van der Waals surface area contributed by atoms with Crippen molar-refractivity contribution in [2.45, 2.75) is 13.8 Å². The number of hydrogen-bond acceptors (Lipinski definition) is 5. The SMILES string of the molecule is CCN1CC[N+](CC)=C1c1c(-c2ccccc2)cc(-c2ccccc2)cc1-c1ccccc1.[O-][Cl+3]([O-])([O-])[O-]. The number of benzene rings is 4. The van der Waals surface area contributed by atoms with Crippen molar-refractivity contribution in [2.24, 2.45) is 0 Å². The monoisotopic (exact) mass is 530 g/mol. The third-order valence-electron chi connectivity index (χ3n) is 6.64. The molecule has 7 heteroatoms. The van der Waals surface area contributed by atoms with Crippen LogP contribution in [0.15, 0.2) is 103 Å². The fourth-order valence-electron chi connectivity index (χ4n) is 4.96. The molecule has 0 saturated heterocycles. The molecule has 0 atom stereocenters. The summed E-state index contributed by atoms with van der Waals surface area (Å²) in [4.78, 5) is 2.54. The first-order valence-corrected chi connectivity index (χ1v) is 13.9. The Hall–Kier alpha value is -3.52. The van der Waals surface area contributed by atoms with Gasteiger partial charge in [-0.3, -0.25) is 9.48 Å². The molecule has 4 aromatic rings. The molecule has 0 spiro atoms. The van der Waals surface area contributed by atoms with E-state index in [1.54, 1.807) is 0 Å². The van der Waals surface area contributed by atoms with Crippen molar-refractivity contribution in [3.8, 4) is 33.4 Å². The van der Waals surface area contributed by atoms with Crippen LogP contribution >= 0.6 is 0 Å². The first kappa shape index (κ1) is 27.5. The Kier molecular flexibility index (Phi) is 8.94. The molecule has 0 N–H and O–H groups in total. The highest BCUT2D eigenvalue weighted by molar-refractivity contribution is 6.09. The van der Waals surface area contributed by atoms with Gasteiger partial charge in [0.05, 0.1) is 18.7 Å². The molecule has 1 heterocycles. The molecule has 38 heavy (non-hydrogen) atoms. The molecule has 6 nitrogen and oxygen atoms in total. The normalized spacial score (nSPS) is 13.4. The number of amidine groups is 1. The van der Waals surface area contributed by atoms with Gasteiger partial charge in [-0.05, 0) is 59.4 Å². The summed E-state index contributed by atoms with van der Waals surface area (Å²) in [7, 11) is -4.94. The van der Waals surface area contributed by atoms with Gasteiger partial charge in [-0.15, -0.1) is 10.2 Å². The van der Waals surface area contributed by atoms with E-state index in [9.17, 15) is 0 Å². The molecule has 0 amide bonds. The molecule has 1 aliphatic rings. The number of hydrogen-bond donors (Lipinski definition) is 0. The molecule has 196 valence electrons. The predicted molar refractivity (Wildman–Crippen MR) is 140 cm³/mol. The Bertz CT molecular complexity index is 1310. The third kappa shape index (κ3) is 6.67. The van der Waals surface area contributed by atoms with E-state index in [2.05, 4.69) is 126 Å². The molecule has 1 aliphatic heterocycles. The van der Waals surface area contributed by atoms with Gasteiger partial charge in [0.1, 0.15) is 13.1 Å². The van der Waals surface area contributed by atoms with Gasteiger partial charge in [-0.2, -0.15) is 0 Å². The van der Waals surface area contributed by atoms with E-state index in [0.29, 0.717) is 0 Å². The Balaban J connectivity index is 0.000000617. The second-order valence-corrected chi connectivity index (χ2v) is 9.66. The van der Waals surface area contributed by atoms with Crippen molar-refractivity contribution in [2.75, 3.05) is 26.2 Å². The molecule has 0 radical (unpaired) electrons. The second-order valence-electron chi connectivity index (χ2n) is 8.91. The largest absolute Gasteiger partial charge is 0.280 e. The van der Waals surface area contributed by atoms with Crippen LogP contribution in [0, 0.1) is 10.2 Å². The molecule has 0 bridgehead atoms. The van der Waals surface area contributed by atoms with Gasteiger partial charge in [0.25, 0.3) is 5.84 Å². The summed E-state index contributed by atoms with van der Waals surface area (Å²) >= 11 is 0. The van der Waals surface area contributed by atoms with Gasteiger partial charge >= 0.3 is 0 Å². The standard InChI is InChI=1S/C31H31N2.ClHO4/c1-3-32-20-21-33(4-2)31(32)30-28(25-16-10-6-11-17-25)22-27(24-14-8-5-9-15-24)23-29(30)26-18-12-7-13-19-26;2-1(3,4)5/h5-19,22-23H,3-4,20-21H2,1-2H3;(H,2,3,4,5)/q+1;/p-1. The number of rotatable bonds is 6. The van der Waals surface area contributed by atoms with E-state index in [1.807, 2.05) is 0 Å². The Morgan fingerprint density at radius 3 is 1.47 bits per heavy atom. The summed E-state index contributed by atoms with van der Waals surface area (Å²) in [5.74, 6) is 1.36. The molecule has 0 aromatic heterocycles. The van der Waals surface area contributed by atoms with Crippen molar-refractivity contribution in [1.82, 2.24) is 4.90 Å². The smallest absolute Gasteiger partial charge is 0.258 e. The third-order valence-corrected chi connectivity index (χ3v) is 6.64. The lowest BCUT2D eigenvalue weighted by Gasteiger charge is -2.21. The molecule has 0 aliphatic carbocycles. The van der Waals surface area contributed by atoms with Gasteiger partial charge in [0.2, 0.25) is 0 Å². The fourth-order valence-corrected chi connectivity index (χ4v) is 4.96. The molecular formula is C31H31ClN2O4. The van der Waals surface area contributed by atoms with Crippen LogP contribution in [0.25, 0.3) is 33.4 Å². The van der Waals surface area contributed by atoms with E-state index < -0.39 is 10.2 Å². The molecule has 0 unspecified atom stereocenters. The van der Waals surface area contributed by atoms with Crippen molar-refractivity contribution in [3.05, 3.63) is 109 Å². The Morgan fingerprint density at radius 1 is 0.658 bits per heavy atom. The Morgan fingerprint density at radius 2 is 1.08 bits per heavy atom. The highest BCUT2D eigenvalue weighted by Gasteiger charge is 2.34. The van der Waals surface area contributed by atoms with Gasteiger partial charge in [0, 0.05) is 0 Å². The van der Waals surface area contributed by atoms with E-state index in [4.69, 9.17) is 18.6 Å². The van der Waals surface area contributed by atoms with E-state index in [-0.39, 0.29) is 0 Å². The summed E-state index contributed by atoms with van der Waals surface area (Å²) in [6.45, 7) is 8.69. The van der Waals surface area contributed by atoms with Crippen LogP contribution < -0.4 is 18.6 Å². The first-order chi connectivity index (χ1) is 18.3. The van der Waals surface area contributed by atoms with Crippen LogP contribution in [0.2, 0.25) is 0 Å². The summed E-state index contributed by atoms with van der Waals surface area (Å²) in [6.07, 6.45) is 0. The topological polar surface area (TPSA) is 98.5 Å². The minimum atomic E-state index is -4.94. The summed E-state index contributed by atoms with van der Waals surface area (Å²) in [6, 6.07) is 37.3. The molecule has 4 aromatic carbocycles. The highest BCUT2D eigenvalue weighted by atomic mass is 35.7. The van der Waals surface area contributed by atoms with Crippen LogP contribution in [0.4, 0.5) is 0 Å². The zero-order valence-electron chi connectivity index (χ0n) is 21.5. The zero-order chi connectivity index (χ0) is 27.1. The highest BCUT2D eigenvalue weighted by Crippen LogP contribution is 2.38. The maximum atomic E-state index is 8.49. The van der Waals surface area contributed by atoms with Gasteiger partial charge in [-0.25, -0.2) is 18.6 Å². The lowest BCUT2D eigenvalue weighted by Crippen LogP contribution is -2.68. The minimum absolute atomic E-state index is 1.01. The molecular weight excluding hydrogens is 500 g/mol. The fraction of sp³-hybridized carbons (Fsp3) is 0.194. The first-order valence-electron chi connectivity index (χ1n) is 12.6. The van der Waals surface area contributed by atoms with Crippen LogP contribution in [-0.2, 0) is 0 Å². The average molecular weight is 531 g/mol. The van der Waals surface area contributed by atoms with E-state index in [1.165, 1.54) is 44.8 Å². The number of halogens is 1. The molecule has 0 fully saturated rings. The quantitative estimate of drug-likeness (QED) is 0.355. The van der Waals surface area contributed by atoms with E-state index in [0.717, 1.165) is 26.2 Å². The van der Waals surface area contributed by atoms with Crippen LogP contribution in [0.3, 0.4) is 0 Å². The zero-order valence-corrected chi connectivity index (χ0v) is 22.3. The maximum Gasteiger partial charge on any atom is 0.280 e. The van der Waals surface area contributed by atoms with Crippen LogP contribution in [-0.4, -0.2) is 41.5 Å². The molecule has 5 rings (SSSR count). The van der Waals surface area contributed by atoms with Crippen LogP contribution in [0.5, 0.6) is 0 Å². The Labute approximate surface area is 226 Å². The minimum Gasteiger partial charge on any atom is -0.258 e. The van der Waals surface area contributed by atoms with Gasteiger partial charge in [0.15, 0.2) is 0 Å². The second kappa shape index (κ2) is 12.3. The number of likely N-dealkylation sites (N-methyl/N-ethyl adjacent to an activating group) is 2. The number of nitrogens with zero attached hydrogens (tertiary/aromatic N) is 2. The predicted octanol–water partition coefficient (Wildman–Crippen LogP) is 2.05. The van der Waals surface area contributed by atoms with Crippen molar-refractivity contribution in [3.63, 3.8) is 0 Å². The summed E-state index contributed by atoms with van der Waals surface area (Å²) < 4.78 is 36.5. The van der Waals surface area contributed by atoms with Gasteiger partial charge in [-0.1, -0.05) is 91.0 Å². The van der Waals surface area contributed by atoms with Crippen LogP contribution in [0.1, 0.15) is 19.4 Å². The van der Waals surface area contributed by atoms with Crippen molar-refractivity contribution >= 4 is 5.84 Å². The summed E-state index contributed by atoms with van der Waals surface area (Å²) in [5.41, 5.74) is 8.95. The summed E-state index contributed by atoms with van der Waals surface area (Å²) in [5, 5.41) is 0. The van der Waals surface area contributed by atoms with Crippen molar-refractivity contribution in [1.29, 1.82) is 0 Å². The van der Waals surface area contributed by atoms with Gasteiger partial charge < -0.3 is 0 Å². The lowest BCUT2D eigenvalue weighted by atomic mass is 9.87. The average Bonchev–Trinajstić information content (AvgIpc) is 3.36. The molecule has 0 saturated carbocycles. The maximum absolute atomic E-state index is 8.49. The van der Waals surface area contributed by atoms with Crippen molar-refractivity contribution < 1.29 is 33.5 Å². The lowest BCUT2D eigenvalue weighted by molar-refractivity contribution is -2.00. The van der Waals surface area contributed by atoms with E-state index >= 15 is 0 Å².